The standard InChI is InChI=1S/C23H27N3O5S/c1-31-21-14-11-17(15-20(21)22(24)27)8-7-16-9-12-19(13-10-16)32(29,30)26-23(28)25-18-5-3-2-4-6-18/h7-15,18H,2-6H2,1H3,(H2,24,27)(H2,25,26,28). The van der Waals surface area contributed by atoms with E-state index in [0.29, 0.717) is 5.75 Å². The van der Waals surface area contributed by atoms with Gasteiger partial charge in [0.15, 0.2) is 0 Å². The SMILES string of the molecule is COc1ccc(C=Cc2ccc(S(=O)(=O)NC(=O)NC3CCCCC3)cc2)cc1C(N)=O. The topological polar surface area (TPSA) is 128 Å². The number of carbonyl (C=O) groups is 2. The highest BCUT2D eigenvalue weighted by Gasteiger charge is 2.21. The zero-order valence-electron chi connectivity index (χ0n) is 17.8. The maximum absolute atomic E-state index is 12.5. The number of primary amides is 1. The van der Waals surface area contributed by atoms with Crippen LogP contribution in [0.3, 0.4) is 0 Å². The molecule has 0 radical (unpaired) electrons. The molecule has 0 spiro atoms. The Labute approximate surface area is 187 Å². The number of nitrogens with two attached hydrogens (primary N) is 1. The van der Waals surface area contributed by atoms with E-state index < -0.39 is 22.0 Å². The van der Waals surface area contributed by atoms with Gasteiger partial charge in [-0.05, 0) is 48.2 Å². The van der Waals surface area contributed by atoms with Gasteiger partial charge < -0.3 is 15.8 Å². The molecule has 3 rings (SSSR count). The summed E-state index contributed by atoms with van der Waals surface area (Å²) in [5.74, 6) is -0.198. The van der Waals surface area contributed by atoms with E-state index in [2.05, 4.69) is 10.0 Å². The lowest BCUT2D eigenvalue weighted by molar-refractivity contribution is 0.0997. The number of carbonyl (C=O) groups excluding carboxylic acids is 2. The van der Waals surface area contributed by atoms with Crippen molar-refractivity contribution < 1.29 is 22.7 Å². The molecule has 0 atom stereocenters. The van der Waals surface area contributed by atoms with Crippen LogP contribution in [-0.4, -0.2) is 33.5 Å². The highest BCUT2D eigenvalue weighted by molar-refractivity contribution is 7.90. The first-order valence-corrected chi connectivity index (χ1v) is 11.9. The normalized spacial score (nSPS) is 14.8. The fourth-order valence-corrected chi connectivity index (χ4v) is 4.53. The number of ether oxygens (including phenoxy) is 1. The fourth-order valence-electron chi connectivity index (χ4n) is 3.62. The van der Waals surface area contributed by atoms with Crippen molar-refractivity contribution in [3.63, 3.8) is 0 Å². The average Bonchev–Trinajstić information content (AvgIpc) is 2.78. The minimum Gasteiger partial charge on any atom is -0.496 e. The van der Waals surface area contributed by atoms with Gasteiger partial charge in [0, 0.05) is 6.04 Å². The molecule has 4 N–H and O–H groups in total. The van der Waals surface area contributed by atoms with Crippen molar-refractivity contribution in [2.45, 2.75) is 43.0 Å². The van der Waals surface area contributed by atoms with E-state index in [9.17, 15) is 18.0 Å². The third-order valence-electron chi connectivity index (χ3n) is 5.32. The van der Waals surface area contributed by atoms with Crippen molar-refractivity contribution in [3.05, 3.63) is 59.2 Å². The lowest BCUT2D eigenvalue weighted by Gasteiger charge is -2.22. The fraction of sp³-hybridized carbons (Fsp3) is 0.304. The van der Waals surface area contributed by atoms with Crippen molar-refractivity contribution in [2.75, 3.05) is 7.11 Å². The van der Waals surface area contributed by atoms with Crippen LogP contribution in [-0.2, 0) is 10.0 Å². The molecule has 2 aromatic rings. The predicted octanol–water partition coefficient (Wildman–Crippen LogP) is 3.29. The Morgan fingerprint density at radius 2 is 1.62 bits per heavy atom. The summed E-state index contributed by atoms with van der Waals surface area (Å²) in [4.78, 5) is 23.6. The molecule has 3 amide bonds. The van der Waals surface area contributed by atoms with Crippen molar-refractivity contribution >= 4 is 34.1 Å². The van der Waals surface area contributed by atoms with Gasteiger partial charge >= 0.3 is 6.03 Å². The van der Waals surface area contributed by atoms with Gasteiger partial charge in [0.2, 0.25) is 0 Å². The van der Waals surface area contributed by atoms with Crippen LogP contribution in [0.25, 0.3) is 12.2 Å². The van der Waals surface area contributed by atoms with Crippen LogP contribution >= 0.6 is 0 Å². The van der Waals surface area contributed by atoms with Crippen molar-refractivity contribution in [3.8, 4) is 5.75 Å². The largest absolute Gasteiger partial charge is 0.496 e. The number of sulfonamides is 1. The Bertz CT molecular complexity index is 1100. The van der Waals surface area contributed by atoms with Gasteiger partial charge in [-0.25, -0.2) is 17.9 Å². The van der Waals surface area contributed by atoms with Crippen LogP contribution in [0.4, 0.5) is 4.79 Å². The Hall–Kier alpha value is -3.33. The number of rotatable bonds is 7. The van der Waals surface area contributed by atoms with Crippen molar-refractivity contribution in [1.82, 2.24) is 10.0 Å². The van der Waals surface area contributed by atoms with Gasteiger partial charge in [-0.3, -0.25) is 4.79 Å². The first-order chi connectivity index (χ1) is 15.3. The Balaban J connectivity index is 1.65. The first kappa shape index (κ1) is 23.3. The number of amides is 3. The summed E-state index contributed by atoms with van der Waals surface area (Å²) in [6.07, 6.45) is 8.48. The third-order valence-corrected chi connectivity index (χ3v) is 6.66. The molecular weight excluding hydrogens is 430 g/mol. The second-order valence-corrected chi connectivity index (χ2v) is 9.32. The van der Waals surface area contributed by atoms with E-state index >= 15 is 0 Å². The van der Waals surface area contributed by atoms with Crippen LogP contribution in [0, 0.1) is 0 Å². The van der Waals surface area contributed by atoms with E-state index in [1.165, 1.54) is 19.2 Å². The zero-order chi connectivity index (χ0) is 23.1. The molecule has 2 aromatic carbocycles. The predicted molar refractivity (Wildman–Crippen MR) is 123 cm³/mol. The van der Waals surface area contributed by atoms with Gasteiger partial charge in [-0.1, -0.05) is 49.6 Å². The van der Waals surface area contributed by atoms with E-state index in [0.717, 1.165) is 43.2 Å². The lowest BCUT2D eigenvalue weighted by atomic mass is 9.96. The molecule has 1 aliphatic rings. The Kier molecular flexibility index (Phi) is 7.53. The molecule has 1 aliphatic carbocycles. The van der Waals surface area contributed by atoms with Crippen LogP contribution < -0.4 is 20.5 Å². The molecule has 0 saturated heterocycles. The molecule has 0 aliphatic heterocycles. The smallest absolute Gasteiger partial charge is 0.328 e. The monoisotopic (exact) mass is 457 g/mol. The lowest BCUT2D eigenvalue weighted by Crippen LogP contribution is -2.45. The maximum Gasteiger partial charge on any atom is 0.328 e. The highest BCUT2D eigenvalue weighted by Crippen LogP contribution is 2.21. The second kappa shape index (κ2) is 10.3. The molecular formula is C23H27N3O5S. The van der Waals surface area contributed by atoms with E-state index in [4.69, 9.17) is 10.5 Å². The van der Waals surface area contributed by atoms with Gasteiger partial charge in [-0.15, -0.1) is 0 Å². The number of benzene rings is 2. The molecule has 0 unspecified atom stereocenters. The second-order valence-electron chi connectivity index (χ2n) is 7.64. The van der Waals surface area contributed by atoms with E-state index in [1.54, 1.807) is 42.5 Å². The Morgan fingerprint density at radius 1 is 1.00 bits per heavy atom. The van der Waals surface area contributed by atoms with E-state index in [-0.39, 0.29) is 16.5 Å². The summed E-state index contributed by atoms with van der Waals surface area (Å²) in [6.45, 7) is 0. The zero-order valence-corrected chi connectivity index (χ0v) is 18.7. The van der Waals surface area contributed by atoms with Crippen LogP contribution in [0.1, 0.15) is 53.6 Å². The number of methoxy groups -OCH3 is 1. The quantitative estimate of drug-likeness (QED) is 0.550. The first-order valence-electron chi connectivity index (χ1n) is 10.4. The number of urea groups is 1. The summed E-state index contributed by atoms with van der Waals surface area (Å²) in [5.41, 5.74) is 7.12. The van der Waals surface area contributed by atoms with Crippen molar-refractivity contribution in [1.29, 1.82) is 0 Å². The third kappa shape index (κ3) is 6.10. The summed E-state index contributed by atoms with van der Waals surface area (Å²) in [7, 11) is -2.51. The molecule has 8 nitrogen and oxygen atoms in total. The Morgan fingerprint density at radius 3 is 2.25 bits per heavy atom. The van der Waals surface area contributed by atoms with Crippen molar-refractivity contribution in [2.24, 2.45) is 5.73 Å². The summed E-state index contributed by atoms with van der Waals surface area (Å²) >= 11 is 0. The summed E-state index contributed by atoms with van der Waals surface area (Å²) in [6, 6.07) is 10.5. The maximum atomic E-state index is 12.5. The van der Waals surface area contributed by atoms with Crippen LogP contribution in [0.2, 0.25) is 0 Å². The highest BCUT2D eigenvalue weighted by atomic mass is 32.2. The molecule has 170 valence electrons. The average molecular weight is 458 g/mol. The number of hydrogen-bond donors (Lipinski definition) is 3. The van der Waals surface area contributed by atoms with Gasteiger partial charge in [0.25, 0.3) is 15.9 Å². The van der Waals surface area contributed by atoms with Crippen LogP contribution in [0.5, 0.6) is 5.75 Å². The van der Waals surface area contributed by atoms with E-state index in [1.807, 2.05) is 0 Å². The molecule has 1 saturated carbocycles. The molecule has 1 fully saturated rings. The molecule has 0 heterocycles. The number of nitrogens with one attached hydrogen (secondary N) is 2. The molecule has 32 heavy (non-hydrogen) atoms. The minimum atomic E-state index is -3.97. The minimum absolute atomic E-state index is 0.00564. The summed E-state index contributed by atoms with van der Waals surface area (Å²) in [5, 5.41) is 2.73. The molecule has 0 aromatic heterocycles. The molecule has 0 bridgehead atoms. The molecule has 9 heteroatoms. The summed E-state index contributed by atoms with van der Waals surface area (Å²) < 4.78 is 32.2. The van der Waals surface area contributed by atoms with Gasteiger partial charge in [-0.2, -0.15) is 0 Å². The van der Waals surface area contributed by atoms with Gasteiger partial charge in [0.1, 0.15) is 5.75 Å². The van der Waals surface area contributed by atoms with Crippen LogP contribution in [0.15, 0.2) is 47.4 Å². The van der Waals surface area contributed by atoms with Gasteiger partial charge in [0.05, 0.1) is 17.6 Å². The number of hydrogen-bond acceptors (Lipinski definition) is 5.